The Labute approximate surface area is 99.9 Å². The van der Waals surface area contributed by atoms with E-state index < -0.39 is 0 Å². The topological polar surface area (TPSA) is 34.9 Å². The van der Waals surface area contributed by atoms with Gasteiger partial charge in [0.1, 0.15) is 0 Å². The van der Waals surface area contributed by atoms with Gasteiger partial charge in [-0.2, -0.15) is 5.10 Å². The molecule has 0 saturated carbocycles. The Morgan fingerprint density at radius 2 is 2.27 bits per heavy atom. The van der Waals surface area contributed by atoms with Crippen LogP contribution in [0.5, 0.6) is 0 Å². The summed E-state index contributed by atoms with van der Waals surface area (Å²) in [6.07, 6.45) is 1.76. The van der Waals surface area contributed by atoms with E-state index in [9.17, 15) is 4.79 Å². The fourth-order valence-electron chi connectivity index (χ4n) is 1.39. The number of carbonyl (C=O) groups excluding carboxylic acids is 1. The van der Waals surface area contributed by atoms with Crippen LogP contribution in [0.4, 0.5) is 0 Å². The van der Waals surface area contributed by atoms with Gasteiger partial charge in [0.25, 0.3) is 0 Å². The quantitative estimate of drug-likeness (QED) is 0.795. The highest BCUT2D eigenvalue weighted by Crippen LogP contribution is 2.24. The van der Waals surface area contributed by atoms with Gasteiger partial charge in [-0.15, -0.1) is 11.3 Å². The third-order valence-corrected chi connectivity index (χ3v) is 3.68. The number of hydrogen-bond acceptors (Lipinski definition) is 3. The molecule has 5 heteroatoms. The zero-order valence-corrected chi connectivity index (χ0v) is 10.7. The van der Waals surface area contributed by atoms with Gasteiger partial charge in [0.2, 0.25) is 5.78 Å². The van der Waals surface area contributed by atoms with E-state index in [0.717, 1.165) is 14.4 Å². The molecule has 0 aliphatic rings. The Kier molecular flexibility index (Phi) is 2.75. The third-order valence-electron chi connectivity index (χ3n) is 2.06. The lowest BCUT2D eigenvalue weighted by Gasteiger charge is -1.93. The molecule has 2 aromatic heterocycles. The summed E-state index contributed by atoms with van der Waals surface area (Å²) in [4.78, 5) is 12.8. The highest BCUT2D eigenvalue weighted by molar-refractivity contribution is 9.11. The third kappa shape index (κ3) is 2.03. The van der Waals surface area contributed by atoms with Crippen LogP contribution in [0.25, 0.3) is 0 Å². The SMILES string of the molecule is Cc1nn(C)cc1C(=O)c1ccc(Br)s1. The van der Waals surface area contributed by atoms with Crippen LogP contribution in [-0.2, 0) is 7.05 Å². The number of hydrogen-bond donors (Lipinski definition) is 0. The number of rotatable bonds is 2. The van der Waals surface area contributed by atoms with Crippen LogP contribution in [-0.4, -0.2) is 15.6 Å². The van der Waals surface area contributed by atoms with E-state index in [4.69, 9.17) is 0 Å². The molecule has 0 radical (unpaired) electrons. The first-order valence-corrected chi connectivity index (χ1v) is 5.99. The minimum absolute atomic E-state index is 0.0382. The van der Waals surface area contributed by atoms with Gasteiger partial charge in [0.05, 0.1) is 19.9 Å². The molecular formula is C10H9BrN2OS. The average Bonchev–Trinajstić information content (AvgIpc) is 2.71. The molecule has 0 spiro atoms. The van der Waals surface area contributed by atoms with E-state index >= 15 is 0 Å². The smallest absolute Gasteiger partial charge is 0.206 e. The van der Waals surface area contributed by atoms with Gasteiger partial charge in [-0.3, -0.25) is 9.48 Å². The molecule has 0 bridgehead atoms. The van der Waals surface area contributed by atoms with Gasteiger partial charge in [-0.25, -0.2) is 0 Å². The average molecular weight is 285 g/mol. The molecule has 2 heterocycles. The second-order valence-electron chi connectivity index (χ2n) is 3.23. The van der Waals surface area contributed by atoms with Gasteiger partial charge < -0.3 is 0 Å². The van der Waals surface area contributed by atoms with E-state index in [1.54, 1.807) is 10.9 Å². The number of thiophene rings is 1. The summed E-state index contributed by atoms with van der Waals surface area (Å²) in [5, 5.41) is 4.15. The van der Waals surface area contributed by atoms with Crippen molar-refractivity contribution in [1.29, 1.82) is 0 Å². The van der Waals surface area contributed by atoms with Crippen LogP contribution in [0, 0.1) is 6.92 Å². The van der Waals surface area contributed by atoms with Crippen molar-refractivity contribution in [3.8, 4) is 0 Å². The largest absolute Gasteiger partial charge is 0.288 e. The van der Waals surface area contributed by atoms with Crippen molar-refractivity contribution in [2.24, 2.45) is 7.05 Å². The van der Waals surface area contributed by atoms with Crippen molar-refractivity contribution < 1.29 is 4.79 Å². The summed E-state index contributed by atoms with van der Waals surface area (Å²) in [6.45, 7) is 1.84. The van der Waals surface area contributed by atoms with Crippen molar-refractivity contribution >= 4 is 33.0 Å². The lowest BCUT2D eigenvalue weighted by molar-refractivity contribution is 0.104. The lowest BCUT2D eigenvalue weighted by Crippen LogP contribution is -1.98. The Hall–Kier alpha value is -0.940. The molecule has 0 aromatic carbocycles. The van der Waals surface area contributed by atoms with Crippen molar-refractivity contribution in [2.75, 3.05) is 0 Å². The zero-order valence-electron chi connectivity index (χ0n) is 8.32. The number of aryl methyl sites for hydroxylation is 2. The lowest BCUT2D eigenvalue weighted by atomic mass is 10.1. The molecule has 0 N–H and O–H groups in total. The second kappa shape index (κ2) is 3.90. The number of aromatic nitrogens is 2. The van der Waals surface area contributed by atoms with Crippen LogP contribution >= 0.6 is 27.3 Å². The van der Waals surface area contributed by atoms with Gasteiger partial charge >= 0.3 is 0 Å². The standard InChI is InChI=1S/C10H9BrN2OS/c1-6-7(5-13(2)12-6)10(14)8-3-4-9(11)15-8/h3-5H,1-2H3. The van der Waals surface area contributed by atoms with Crippen molar-refractivity contribution in [3.05, 3.63) is 38.3 Å². The first-order valence-electron chi connectivity index (χ1n) is 4.38. The molecule has 78 valence electrons. The van der Waals surface area contributed by atoms with Crippen LogP contribution in [0.15, 0.2) is 22.1 Å². The molecule has 3 nitrogen and oxygen atoms in total. The van der Waals surface area contributed by atoms with E-state index in [2.05, 4.69) is 21.0 Å². The predicted octanol–water partition coefficient (Wildman–Crippen LogP) is 2.78. The normalized spacial score (nSPS) is 10.6. The molecule has 2 aromatic rings. The molecule has 0 amide bonds. The molecular weight excluding hydrogens is 276 g/mol. The maximum absolute atomic E-state index is 12.0. The summed E-state index contributed by atoms with van der Waals surface area (Å²) in [7, 11) is 1.81. The summed E-state index contributed by atoms with van der Waals surface area (Å²) >= 11 is 4.78. The number of nitrogens with zero attached hydrogens (tertiary/aromatic N) is 2. The van der Waals surface area contributed by atoms with Gasteiger partial charge in [0.15, 0.2) is 0 Å². The first-order chi connectivity index (χ1) is 7.08. The van der Waals surface area contributed by atoms with Crippen LogP contribution in [0.3, 0.4) is 0 Å². The van der Waals surface area contributed by atoms with Crippen molar-refractivity contribution in [1.82, 2.24) is 9.78 Å². The summed E-state index contributed by atoms with van der Waals surface area (Å²) in [5.41, 5.74) is 1.44. The fraction of sp³-hybridized carbons (Fsp3) is 0.200. The van der Waals surface area contributed by atoms with E-state index in [1.807, 2.05) is 26.1 Å². The maximum Gasteiger partial charge on any atom is 0.206 e. The van der Waals surface area contributed by atoms with Gasteiger partial charge in [-0.05, 0) is 35.0 Å². The number of ketones is 1. The van der Waals surface area contributed by atoms with Crippen molar-refractivity contribution in [3.63, 3.8) is 0 Å². The van der Waals surface area contributed by atoms with Crippen LogP contribution < -0.4 is 0 Å². The van der Waals surface area contributed by atoms with Crippen LogP contribution in [0.2, 0.25) is 0 Å². The van der Waals surface area contributed by atoms with Gasteiger partial charge in [-0.1, -0.05) is 0 Å². The molecule has 0 saturated heterocycles. The maximum atomic E-state index is 12.0. The summed E-state index contributed by atoms with van der Waals surface area (Å²) < 4.78 is 2.62. The second-order valence-corrected chi connectivity index (χ2v) is 5.70. The highest BCUT2D eigenvalue weighted by Gasteiger charge is 2.16. The van der Waals surface area contributed by atoms with Crippen LogP contribution in [0.1, 0.15) is 20.9 Å². The molecule has 2 rings (SSSR count). The Morgan fingerprint density at radius 3 is 2.73 bits per heavy atom. The zero-order chi connectivity index (χ0) is 11.0. The fourth-order valence-corrected chi connectivity index (χ4v) is 2.73. The minimum Gasteiger partial charge on any atom is -0.288 e. The molecule has 15 heavy (non-hydrogen) atoms. The molecule has 0 atom stereocenters. The van der Waals surface area contributed by atoms with Gasteiger partial charge in [0, 0.05) is 13.2 Å². The predicted molar refractivity (Wildman–Crippen MR) is 63.4 cm³/mol. The first kappa shape index (κ1) is 10.6. The highest BCUT2D eigenvalue weighted by atomic mass is 79.9. The van der Waals surface area contributed by atoms with Crippen molar-refractivity contribution in [2.45, 2.75) is 6.92 Å². The summed E-state index contributed by atoms with van der Waals surface area (Å²) in [6, 6.07) is 3.70. The molecule has 0 fully saturated rings. The monoisotopic (exact) mass is 284 g/mol. The Balaban J connectivity index is 2.40. The Bertz CT molecular complexity index is 515. The minimum atomic E-state index is 0.0382. The van der Waals surface area contributed by atoms with E-state index in [0.29, 0.717) is 5.56 Å². The Morgan fingerprint density at radius 1 is 1.53 bits per heavy atom. The summed E-state index contributed by atoms with van der Waals surface area (Å²) in [5.74, 6) is 0.0382. The molecule has 0 aliphatic carbocycles. The number of halogens is 1. The van der Waals surface area contributed by atoms with E-state index in [-0.39, 0.29) is 5.78 Å². The molecule has 0 aliphatic heterocycles. The molecule has 0 unspecified atom stereocenters. The van der Waals surface area contributed by atoms with E-state index in [1.165, 1.54) is 11.3 Å². The number of carbonyl (C=O) groups is 1.